The summed E-state index contributed by atoms with van der Waals surface area (Å²) in [6.07, 6.45) is -4.51. The Bertz CT molecular complexity index is 1360. The number of anilines is 1. The third-order valence-electron chi connectivity index (χ3n) is 6.50. The Morgan fingerprint density at radius 1 is 0.879 bits per heavy atom. The minimum Gasteiger partial charge on any atom is -0.308 e. The third-order valence-corrected chi connectivity index (χ3v) is 6.50. The molecule has 5 heteroatoms. The molecule has 33 heavy (non-hydrogen) atoms. The lowest BCUT2D eigenvalue weighted by atomic mass is 9.79. The standard InChI is InChI=1S/C28H22F3NO/c1-18-8-2-3-10-20(18)17-32-25-15-14-19-9-4-5-11-21(19)27(25)23(16-26(32)33)22-12-6-7-13-24(22)28(29,30)31/h2-15,23H,16-17H2,1H3. The zero-order chi connectivity index (χ0) is 23.2. The van der Waals surface area contributed by atoms with Gasteiger partial charge >= 0.3 is 6.18 Å². The van der Waals surface area contributed by atoms with E-state index in [2.05, 4.69) is 0 Å². The molecule has 5 rings (SSSR count). The third kappa shape index (κ3) is 3.78. The molecular formula is C28H22F3NO. The molecule has 1 heterocycles. The van der Waals surface area contributed by atoms with Gasteiger partial charge in [0.2, 0.25) is 5.91 Å². The van der Waals surface area contributed by atoms with Crippen molar-refractivity contribution in [3.05, 3.63) is 113 Å². The van der Waals surface area contributed by atoms with E-state index in [-0.39, 0.29) is 17.9 Å². The summed E-state index contributed by atoms with van der Waals surface area (Å²) in [4.78, 5) is 15.1. The second kappa shape index (κ2) is 8.07. The van der Waals surface area contributed by atoms with Crippen molar-refractivity contribution in [1.82, 2.24) is 0 Å². The van der Waals surface area contributed by atoms with Crippen LogP contribution < -0.4 is 4.90 Å². The minimum absolute atomic E-state index is 0.0139. The average molecular weight is 445 g/mol. The van der Waals surface area contributed by atoms with Crippen molar-refractivity contribution in [1.29, 1.82) is 0 Å². The quantitative estimate of drug-likeness (QED) is 0.326. The first kappa shape index (κ1) is 21.3. The highest BCUT2D eigenvalue weighted by atomic mass is 19.4. The van der Waals surface area contributed by atoms with Gasteiger partial charge in [-0.15, -0.1) is 0 Å². The van der Waals surface area contributed by atoms with Crippen LogP contribution in [0.1, 0.15) is 40.2 Å². The number of nitrogens with zero attached hydrogens (tertiary/aromatic N) is 1. The summed E-state index contributed by atoms with van der Waals surface area (Å²) < 4.78 is 41.7. The van der Waals surface area contributed by atoms with Gasteiger partial charge in [-0.2, -0.15) is 13.2 Å². The van der Waals surface area contributed by atoms with Crippen molar-refractivity contribution >= 4 is 22.4 Å². The summed E-state index contributed by atoms with van der Waals surface area (Å²) in [6.45, 7) is 2.37. The lowest BCUT2D eigenvalue weighted by Crippen LogP contribution is -2.37. The average Bonchev–Trinajstić information content (AvgIpc) is 2.81. The molecule has 0 fully saturated rings. The van der Waals surface area contributed by atoms with Crippen LogP contribution in [0.2, 0.25) is 0 Å². The first-order valence-corrected chi connectivity index (χ1v) is 10.9. The highest BCUT2D eigenvalue weighted by Gasteiger charge is 2.40. The maximum atomic E-state index is 13.9. The number of hydrogen-bond acceptors (Lipinski definition) is 1. The number of alkyl halides is 3. The molecule has 0 N–H and O–H groups in total. The molecule has 1 aliphatic heterocycles. The van der Waals surface area contributed by atoms with E-state index >= 15 is 0 Å². The Hall–Kier alpha value is -3.60. The van der Waals surface area contributed by atoms with Gasteiger partial charge in [-0.3, -0.25) is 4.79 Å². The van der Waals surface area contributed by atoms with E-state index in [0.29, 0.717) is 12.2 Å². The zero-order valence-corrected chi connectivity index (χ0v) is 18.1. The van der Waals surface area contributed by atoms with Crippen molar-refractivity contribution < 1.29 is 18.0 Å². The highest BCUT2D eigenvalue weighted by Crippen LogP contribution is 2.47. The van der Waals surface area contributed by atoms with Crippen molar-refractivity contribution in [3.8, 4) is 0 Å². The Balaban J connectivity index is 1.73. The molecule has 1 unspecified atom stereocenters. The predicted octanol–water partition coefficient (Wildman–Crippen LogP) is 7.24. The van der Waals surface area contributed by atoms with Crippen molar-refractivity contribution in [3.63, 3.8) is 0 Å². The number of rotatable bonds is 3. The molecule has 0 saturated heterocycles. The van der Waals surface area contributed by atoms with Crippen molar-refractivity contribution in [2.45, 2.75) is 32.0 Å². The molecule has 0 spiro atoms. The highest BCUT2D eigenvalue weighted by molar-refractivity contribution is 6.03. The fourth-order valence-corrected chi connectivity index (χ4v) is 4.86. The first-order chi connectivity index (χ1) is 15.8. The van der Waals surface area contributed by atoms with E-state index in [1.165, 1.54) is 12.1 Å². The lowest BCUT2D eigenvalue weighted by molar-refractivity contribution is -0.138. The van der Waals surface area contributed by atoms with Crippen LogP contribution in [0.15, 0.2) is 84.9 Å². The van der Waals surface area contributed by atoms with Crippen LogP contribution in [0.25, 0.3) is 10.8 Å². The Morgan fingerprint density at radius 3 is 2.36 bits per heavy atom. The van der Waals surface area contributed by atoms with E-state index in [1.54, 1.807) is 11.0 Å². The summed E-state index contributed by atoms with van der Waals surface area (Å²) in [5, 5.41) is 1.81. The van der Waals surface area contributed by atoms with E-state index in [4.69, 9.17) is 0 Å². The summed E-state index contributed by atoms with van der Waals surface area (Å²) >= 11 is 0. The second-order valence-corrected chi connectivity index (χ2v) is 8.47. The summed E-state index contributed by atoms with van der Waals surface area (Å²) in [7, 11) is 0. The monoisotopic (exact) mass is 445 g/mol. The van der Waals surface area contributed by atoms with Crippen LogP contribution in [-0.4, -0.2) is 5.91 Å². The molecule has 166 valence electrons. The van der Waals surface area contributed by atoms with E-state index in [9.17, 15) is 18.0 Å². The number of benzene rings is 4. The molecule has 0 saturated carbocycles. The maximum absolute atomic E-state index is 13.9. The van der Waals surface area contributed by atoms with Gasteiger partial charge in [0.05, 0.1) is 12.1 Å². The number of carbonyl (C=O) groups is 1. The van der Waals surface area contributed by atoms with Crippen LogP contribution in [0.5, 0.6) is 0 Å². The van der Waals surface area contributed by atoms with Crippen LogP contribution in [-0.2, 0) is 17.5 Å². The SMILES string of the molecule is Cc1ccccc1CN1C(=O)CC(c2ccccc2C(F)(F)F)c2c1ccc1ccccc21. The zero-order valence-electron chi connectivity index (χ0n) is 18.1. The van der Waals surface area contributed by atoms with E-state index < -0.39 is 17.7 Å². The predicted molar refractivity (Wildman–Crippen MR) is 124 cm³/mol. The van der Waals surface area contributed by atoms with Crippen LogP contribution >= 0.6 is 0 Å². The molecule has 4 aromatic carbocycles. The Kier molecular flexibility index (Phi) is 5.20. The van der Waals surface area contributed by atoms with Gasteiger partial charge in [0.1, 0.15) is 0 Å². The second-order valence-electron chi connectivity index (χ2n) is 8.47. The molecule has 1 aliphatic rings. The number of aryl methyl sites for hydroxylation is 1. The van der Waals surface area contributed by atoms with Gasteiger partial charge in [-0.1, -0.05) is 72.8 Å². The van der Waals surface area contributed by atoms with Gasteiger partial charge in [0.15, 0.2) is 0 Å². The molecule has 0 bridgehead atoms. The van der Waals surface area contributed by atoms with Gasteiger partial charge in [0, 0.05) is 18.0 Å². The summed E-state index contributed by atoms with van der Waals surface area (Å²) in [6, 6.07) is 24.9. The number of carbonyl (C=O) groups excluding carboxylic acids is 1. The molecule has 2 nitrogen and oxygen atoms in total. The fourth-order valence-electron chi connectivity index (χ4n) is 4.86. The number of fused-ring (bicyclic) bond motifs is 3. The fraction of sp³-hybridized carbons (Fsp3) is 0.179. The molecule has 1 atom stereocenters. The Labute approximate surface area is 190 Å². The van der Waals surface area contributed by atoms with Crippen molar-refractivity contribution in [2.75, 3.05) is 4.90 Å². The van der Waals surface area contributed by atoms with Gasteiger partial charge in [-0.25, -0.2) is 0 Å². The molecule has 1 amide bonds. The first-order valence-electron chi connectivity index (χ1n) is 10.9. The van der Waals surface area contributed by atoms with Crippen molar-refractivity contribution in [2.24, 2.45) is 0 Å². The number of halogens is 3. The molecule has 0 radical (unpaired) electrons. The topological polar surface area (TPSA) is 20.3 Å². The van der Waals surface area contributed by atoms with Crippen LogP contribution in [0.3, 0.4) is 0 Å². The van der Waals surface area contributed by atoms with Gasteiger partial charge in [0.25, 0.3) is 0 Å². The van der Waals surface area contributed by atoms with Crippen LogP contribution in [0, 0.1) is 6.92 Å². The van der Waals surface area contributed by atoms with Gasteiger partial charge < -0.3 is 4.90 Å². The lowest BCUT2D eigenvalue weighted by Gasteiger charge is -2.36. The summed E-state index contributed by atoms with van der Waals surface area (Å²) in [5.74, 6) is -0.854. The molecule has 0 aliphatic carbocycles. The maximum Gasteiger partial charge on any atom is 0.416 e. The smallest absolute Gasteiger partial charge is 0.308 e. The van der Waals surface area contributed by atoms with E-state index in [0.717, 1.165) is 33.5 Å². The minimum atomic E-state index is -4.50. The molecule has 4 aromatic rings. The molecule has 0 aromatic heterocycles. The summed E-state index contributed by atoms with van der Waals surface area (Å²) in [5.41, 5.74) is 2.99. The molecular weight excluding hydrogens is 423 g/mol. The van der Waals surface area contributed by atoms with Crippen LogP contribution in [0.4, 0.5) is 18.9 Å². The number of hydrogen-bond donors (Lipinski definition) is 0. The van der Waals surface area contributed by atoms with E-state index in [1.807, 2.05) is 67.6 Å². The Morgan fingerprint density at radius 2 is 1.58 bits per heavy atom. The van der Waals surface area contributed by atoms with Gasteiger partial charge in [-0.05, 0) is 52.1 Å². The largest absolute Gasteiger partial charge is 0.416 e. The normalized spacial score (nSPS) is 16.2. The number of amides is 1.